The average Bonchev–Trinajstić information content (AvgIpc) is 3.00. The van der Waals surface area contributed by atoms with Crippen molar-refractivity contribution in [1.82, 2.24) is 4.98 Å². The molecule has 0 saturated heterocycles. The minimum atomic E-state index is -0.752. The number of nitrogens with two attached hydrogens (primary N) is 1. The van der Waals surface area contributed by atoms with Gasteiger partial charge in [-0.1, -0.05) is 24.4 Å². The molecule has 1 aliphatic carbocycles. The van der Waals surface area contributed by atoms with E-state index in [1.165, 1.54) is 0 Å². The van der Waals surface area contributed by atoms with Crippen molar-refractivity contribution >= 4 is 23.2 Å². The molecular weight excluding hydrogens is 314 g/mol. The number of carbonyl (C=O) groups excluding carboxylic acids is 1. The molecule has 120 valence electrons. The highest BCUT2D eigenvalue weighted by Crippen LogP contribution is 2.28. The summed E-state index contributed by atoms with van der Waals surface area (Å²) in [6.07, 6.45) is 5.00. The Hall–Kier alpha value is -2.11. The van der Waals surface area contributed by atoms with E-state index in [0.717, 1.165) is 25.7 Å². The standard InChI is InChI=1S/C17H18ClN3O2/c18-12-3-6-14(7-4-12)23-15-8-5-13(11-20-15)21-16(22)17(19)9-1-2-10-17/h3-8,11H,1-2,9-10,19H2,(H,21,22). The fourth-order valence-corrected chi connectivity index (χ4v) is 2.75. The lowest BCUT2D eigenvalue weighted by Crippen LogP contribution is -2.48. The second-order valence-electron chi connectivity index (χ2n) is 5.76. The molecule has 1 aliphatic rings. The van der Waals surface area contributed by atoms with E-state index in [1.54, 1.807) is 42.6 Å². The van der Waals surface area contributed by atoms with Crippen LogP contribution in [0.25, 0.3) is 0 Å². The lowest BCUT2D eigenvalue weighted by molar-refractivity contribution is -0.121. The Bertz CT molecular complexity index is 680. The summed E-state index contributed by atoms with van der Waals surface area (Å²) in [5.74, 6) is 0.933. The van der Waals surface area contributed by atoms with Gasteiger partial charge in [0.05, 0.1) is 17.4 Å². The molecule has 3 N–H and O–H groups in total. The molecule has 1 heterocycles. The molecule has 1 aromatic heterocycles. The van der Waals surface area contributed by atoms with Crippen LogP contribution < -0.4 is 15.8 Å². The molecule has 0 radical (unpaired) electrons. The summed E-state index contributed by atoms with van der Waals surface area (Å²) in [4.78, 5) is 16.4. The Morgan fingerprint density at radius 2 is 1.87 bits per heavy atom. The SMILES string of the molecule is NC1(C(=O)Nc2ccc(Oc3ccc(Cl)cc3)nc2)CCCC1. The van der Waals surface area contributed by atoms with Gasteiger partial charge in [-0.3, -0.25) is 4.79 Å². The smallest absolute Gasteiger partial charge is 0.244 e. The summed E-state index contributed by atoms with van der Waals surface area (Å²) >= 11 is 5.83. The Morgan fingerprint density at radius 1 is 1.17 bits per heavy atom. The van der Waals surface area contributed by atoms with Crippen molar-refractivity contribution in [2.24, 2.45) is 5.73 Å². The van der Waals surface area contributed by atoms with Crippen molar-refractivity contribution in [1.29, 1.82) is 0 Å². The second kappa shape index (κ2) is 6.56. The normalized spacial score (nSPS) is 16.1. The molecule has 6 heteroatoms. The molecule has 0 atom stereocenters. The van der Waals surface area contributed by atoms with Crippen LogP contribution in [0.15, 0.2) is 42.6 Å². The van der Waals surface area contributed by atoms with Gasteiger partial charge in [0.15, 0.2) is 0 Å². The minimum Gasteiger partial charge on any atom is -0.439 e. The van der Waals surface area contributed by atoms with Crippen LogP contribution in [0.4, 0.5) is 5.69 Å². The number of nitrogens with zero attached hydrogens (tertiary/aromatic N) is 1. The number of pyridine rings is 1. The van der Waals surface area contributed by atoms with E-state index in [2.05, 4.69) is 10.3 Å². The summed E-state index contributed by atoms with van der Waals surface area (Å²) < 4.78 is 5.61. The van der Waals surface area contributed by atoms with Crippen LogP contribution in [-0.4, -0.2) is 16.4 Å². The van der Waals surface area contributed by atoms with Gasteiger partial charge >= 0.3 is 0 Å². The molecule has 0 bridgehead atoms. The van der Waals surface area contributed by atoms with E-state index in [-0.39, 0.29) is 5.91 Å². The number of hydrogen-bond donors (Lipinski definition) is 2. The van der Waals surface area contributed by atoms with Crippen molar-refractivity contribution in [3.05, 3.63) is 47.6 Å². The van der Waals surface area contributed by atoms with Gasteiger partial charge in [0.1, 0.15) is 5.75 Å². The zero-order valence-corrected chi connectivity index (χ0v) is 13.3. The summed E-state index contributed by atoms with van der Waals surface area (Å²) in [5, 5.41) is 3.47. The molecule has 2 aromatic rings. The van der Waals surface area contributed by atoms with Gasteiger partial charge in [-0.2, -0.15) is 0 Å². The van der Waals surface area contributed by atoms with Gasteiger partial charge < -0.3 is 15.8 Å². The molecule has 5 nitrogen and oxygen atoms in total. The number of rotatable bonds is 4. The maximum absolute atomic E-state index is 12.2. The fourth-order valence-electron chi connectivity index (χ4n) is 2.63. The van der Waals surface area contributed by atoms with Gasteiger partial charge in [-0.05, 0) is 43.2 Å². The number of carbonyl (C=O) groups is 1. The quantitative estimate of drug-likeness (QED) is 0.894. The van der Waals surface area contributed by atoms with Crippen LogP contribution >= 0.6 is 11.6 Å². The summed E-state index contributed by atoms with van der Waals surface area (Å²) in [5.41, 5.74) is 5.98. The van der Waals surface area contributed by atoms with Crippen molar-refractivity contribution in [2.75, 3.05) is 5.32 Å². The number of benzene rings is 1. The van der Waals surface area contributed by atoms with E-state index >= 15 is 0 Å². The minimum absolute atomic E-state index is 0.150. The first-order valence-corrected chi connectivity index (χ1v) is 7.93. The van der Waals surface area contributed by atoms with Crippen LogP contribution in [-0.2, 0) is 4.79 Å². The molecule has 0 spiro atoms. The molecular formula is C17H18ClN3O2. The Labute approximate surface area is 139 Å². The van der Waals surface area contributed by atoms with Crippen molar-refractivity contribution in [3.63, 3.8) is 0 Å². The van der Waals surface area contributed by atoms with Gasteiger partial charge in [-0.25, -0.2) is 4.98 Å². The predicted octanol–water partition coefficient (Wildman–Crippen LogP) is 3.74. The van der Waals surface area contributed by atoms with E-state index in [9.17, 15) is 4.79 Å². The molecule has 0 unspecified atom stereocenters. The summed E-state index contributed by atoms with van der Waals surface area (Å²) in [6.45, 7) is 0. The van der Waals surface area contributed by atoms with Crippen LogP contribution in [0.5, 0.6) is 11.6 Å². The van der Waals surface area contributed by atoms with Gasteiger partial charge in [-0.15, -0.1) is 0 Å². The maximum Gasteiger partial charge on any atom is 0.244 e. The second-order valence-corrected chi connectivity index (χ2v) is 6.19. The van der Waals surface area contributed by atoms with Crippen molar-refractivity contribution in [3.8, 4) is 11.6 Å². The molecule has 3 rings (SSSR count). The third kappa shape index (κ3) is 3.81. The van der Waals surface area contributed by atoms with Gasteiger partial charge in [0.25, 0.3) is 0 Å². The molecule has 23 heavy (non-hydrogen) atoms. The third-order valence-corrected chi connectivity index (χ3v) is 4.23. The Morgan fingerprint density at radius 3 is 2.48 bits per heavy atom. The van der Waals surface area contributed by atoms with Crippen molar-refractivity contribution in [2.45, 2.75) is 31.2 Å². The first-order chi connectivity index (χ1) is 11.0. The fraction of sp³-hybridized carbons (Fsp3) is 0.294. The highest BCUT2D eigenvalue weighted by molar-refractivity contribution is 6.30. The van der Waals surface area contributed by atoms with Crippen LogP contribution in [0.3, 0.4) is 0 Å². The zero-order valence-electron chi connectivity index (χ0n) is 12.6. The molecule has 1 aromatic carbocycles. The number of halogens is 1. The zero-order chi connectivity index (χ0) is 16.3. The highest BCUT2D eigenvalue weighted by Gasteiger charge is 2.36. The lowest BCUT2D eigenvalue weighted by Gasteiger charge is -2.22. The first-order valence-electron chi connectivity index (χ1n) is 7.55. The molecule has 1 fully saturated rings. The summed E-state index contributed by atoms with van der Waals surface area (Å²) in [6, 6.07) is 10.5. The topological polar surface area (TPSA) is 77.2 Å². The number of nitrogens with one attached hydrogen (secondary N) is 1. The van der Waals surface area contributed by atoms with Crippen molar-refractivity contribution < 1.29 is 9.53 Å². The highest BCUT2D eigenvalue weighted by atomic mass is 35.5. The predicted molar refractivity (Wildman–Crippen MR) is 89.8 cm³/mol. The maximum atomic E-state index is 12.2. The molecule has 1 amide bonds. The monoisotopic (exact) mass is 331 g/mol. The Balaban J connectivity index is 1.62. The summed E-state index contributed by atoms with van der Waals surface area (Å²) in [7, 11) is 0. The van der Waals surface area contributed by atoms with E-state index < -0.39 is 5.54 Å². The van der Waals surface area contributed by atoms with E-state index in [1.807, 2.05) is 0 Å². The largest absolute Gasteiger partial charge is 0.439 e. The third-order valence-electron chi connectivity index (χ3n) is 3.98. The number of aromatic nitrogens is 1. The molecule has 1 saturated carbocycles. The average molecular weight is 332 g/mol. The number of hydrogen-bond acceptors (Lipinski definition) is 4. The number of anilines is 1. The lowest BCUT2D eigenvalue weighted by atomic mass is 9.98. The van der Waals surface area contributed by atoms with Crippen LogP contribution in [0, 0.1) is 0 Å². The van der Waals surface area contributed by atoms with Crippen LogP contribution in [0.1, 0.15) is 25.7 Å². The first kappa shape index (κ1) is 15.8. The van der Waals surface area contributed by atoms with E-state index in [4.69, 9.17) is 22.1 Å². The van der Waals surface area contributed by atoms with Crippen LogP contribution in [0.2, 0.25) is 5.02 Å². The number of amides is 1. The van der Waals surface area contributed by atoms with Gasteiger partial charge in [0, 0.05) is 11.1 Å². The number of ether oxygens (including phenoxy) is 1. The Kier molecular flexibility index (Phi) is 4.50. The van der Waals surface area contributed by atoms with E-state index in [0.29, 0.717) is 22.3 Å². The molecule has 0 aliphatic heterocycles. The van der Waals surface area contributed by atoms with Gasteiger partial charge in [0.2, 0.25) is 11.8 Å².